The molecule has 1 aromatic heterocycles. The van der Waals surface area contributed by atoms with Crippen molar-refractivity contribution in [2.45, 2.75) is 0 Å². The summed E-state index contributed by atoms with van der Waals surface area (Å²) in [4.78, 5) is 27.3. The fourth-order valence-electron chi connectivity index (χ4n) is 1.62. The van der Waals surface area contributed by atoms with Crippen molar-refractivity contribution in [1.29, 1.82) is 0 Å². The van der Waals surface area contributed by atoms with E-state index < -0.39 is 11.8 Å². The fraction of sp³-hybridized carbons (Fsp3) is 0. The van der Waals surface area contributed by atoms with Gasteiger partial charge < -0.3 is 0 Å². The summed E-state index contributed by atoms with van der Waals surface area (Å²) in [5.41, 5.74) is 6.05. The summed E-state index contributed by atoms with van der Waals surface area (Å²) in [6.45, 7) is 0. The third kappa shape index (κ3) is 5.79. The normalized spacial score (nSPS) is 10.2. The Morgan fingerprint density at radius 1 is 1.04 bits per heavy atom. The number of nitrogens with one attached hydrogen (secondary N) is 3. The Kier molecular flexibility index (Phi) is 6.41. The van der Waals surface area contributed by atoms with Crippen LogP contribution in [-0.2, 0) is 4.79 Å². The van der Waals surface area contributed by atoms with E-state index >= 15 is 0 Å². The molecule has 0 aliphatic rings. The third-order valence-electron chi connectivity index (χ3n) is 2.77. The van der Waals surface area contributed by atoms with E-state index in [-0.39, 0.29) is 5.11 Å². The highest BCUT2D eigenvalue weighted by molar-refractivity contribution is 7.80. The molecular formula is C16H13ClN4O2S. The van der Waals surface area contributed by atoms with Gasteiger partial charge in [0, 0.05) is 29.1 Å². The van der Waals surface area contributed by atoms with Crippen LogP contribution in [0.5, 0.6) is 0 Å². The molecule has 0 atom stereocenters. The molecule has 0 spiro atoms. The zero-order chi connectivity index (χ0) is 17.4. The first-order valence-corrected chi connectivity index (χ1v) is 7.58. The molecule has 24 heavy (non-hydrogen) atoms. The number of amides is 2. The lowest BCUT2D eigenvalue weighted by atomic mass is 10.2. The maximum Gasteiger partial charge on any atom is 0.269 e. The molecule has 2 aromatic rings. The molecule has 1 aromatic carbocycles. The Morgan fingerprint density at radius 3 is 2.38 bits per heavy atom. The van der Waals surface area contributed by atoms with Crippen LogP contribution in [0.15, 0.2) is 54.9 Å². The monoisotopic (exact) mass is 360 g/mol. The Morgan fingerprint density at radius 2 is 1.71 bits per heavy atom. The molecule has 0 aliphatic heterocycles. The summed E-state index contributed by atoms with van der Waals surface area (Å²) in [7, 11) is 0. The predicted molar refractivity (Wildman–Crippen MR) is 96.1 cm³/mol. The van der Waals surface area contributed by atoms with Crippen molar-refractivity contribution < 1.29 is 9.59 Å². The van der Waals surface area contributed by atoms with Gasteiger partial charge in [0.05, 0.1) is 0 Å². The molecule has 0 aliphatic carbocycles. The molecule has 0 radical (unpaired) electrons. The molecule has 2 rings (SSSR count). The minimum absolute atomic E-state index is 0.0248. The number of pyridine rings is 1. The third-order valence-corrected chi connectivity index (χ3v) is 3.22. The van der Waals surface area contributed by atoms with Crippen LogP contribution in [0.3, 0.4) is 0 Å². The van der Waals surface area contributed by atoms with Gasteiger partial charge in [-0.3, -0.25) is 30.7 Å². The molecular weight excluding hydrogens is 348 g/mol. The number of rotatable bonds is 3. The molecule has 6 nitrogen and oxygen atoms in total. The highest BCUT2D eigenvalue weighted by Crippen LogP contribution is 2.10. The van der Waals surface area contributed by atoms with E-state index in [1.54, 1.807) is 42.5 Å². The van der Waals surface area contributed by atoms with Crippen LogP contribution < -0.4 is 16.2 Å². The number of benzene rings is 1. The van der Waals surface area contributed by atoms with Crippen molar-refractivity contribution in [2.75, 3.05) is 0 Å². The summed E-state index contributed by atoms with van der Waals surface area (Å²) >= 11 is 10.7. The van der Waals surface area contributed by atoms with Gasteiger partial charge in [-0.2, -0.15) is 0 Å². The van der Waals surface area contributed by atoms with Gasteiger partial charge in [0.1, 0.15) is 0 Å². The van der Waals surface area contributed by atoms with Crippen LogP contribution in [0, 0.1) is 0 Å². The van der Waals surface area contributed by atoms with Crippen LogP contribution in [0.2, 0.25) is 5.02 Å². The SMILES string of the molecule is O=C(/C=C/c1ccc(Cl)cc1)NC(=S)NNC(=O)c1ccncc1. The van der Waals surface area contributed by atoms with Crippen LogP contribution in [-0.4, -0.2) is 21.9 Å². The van der Waals surface area contributed by atoms with Crippen LogP contribution in [0.4, 0.5) is 0 Å². The van der Waals surface area contributed by atoms with E-state index in [9.17, 15) is 9.59 Å². The van der Waals surface area contributed by atoms with E-state index in [2.05, 4.69) is 21.2 Å². The zero-order valence-corrected chi connectivity index (χ0v) is 13.9. The number of aromatic nitrogens is 1. The van der Waals surface area contributed by atoms with Crippen molar-refractivity contribution in [3.05, 3.63) is 71.0 Å². The maximum atomic E-state index is 11.8. The van der Waals surface area contributed by atoms with E-state index in [4.69, 9.17) is 23.8 Å². The number of halogens is 1. The number of carbonyl (C=O) groups is 2. The topological polar surface area (TPSA) is 83.1 Å². The minimum atomic E-state index is -0.430. The zero-order valence-electron chi connectivity index (χ0n) is 12.3. The Hall–Kier alpha value is -2.77. The number of hydrogen-bond acceptors (Lipinski definition) is 4. The first kappa shape index (κ1) is 17.6. The molecule has 0 unspecified atom stereocenters. The van der Waals surface area contributed by atoms with Crippen molar-refractivity contribution in [1.82, 2.24) is 21.2 Å². The van der Waals surface area contributed by atoms with Crippen molar-refractivity contribution in [3.63, 3.8) is 0 Å². The van der Waals surface area contributed by atoms with Crippen LogP contribution in [0.1, 0.15) is 15.9 Å². The predicted octanol–water partition coefficient (Wildman–Crippen LogP) is 2.08. The van der Waals surface area contributed by atoms with Crippen LogP contribution >= 0.6 is 23.8 Å². The lowest BCUT2D eigenvalue weighted by molar-refractivity contribution is -0.115. The average Bonchev–Trinajstić information content (AvgIpc) is 2.60. The minimum Gasteiger partial charge on any atom is -0.298 e. The molecule has 0 saturated carbocycles. The molecule has 0 bridgehead atoms. The number of hydrazine groups is 1. The molecule has 8 heteroatoms. The number of thiocarbonyl (C=S) groups is 1. The molecule has 122 valence electrons. The smallest absolute Gasteiger partial charge is 0.269 e. The molecule has 0 fully saturated rings. The van der Waals surface area contributed by atoms with E-state index in [0.717, 1.165) is 5.56 Å². The van der Waals surface area contributed by atoms with Crippen LogP contribution in [0.25, 0.3) is 6.08 Å². The largest absolute Gasteiger partial charge is 0.298 e. The van der Waals surface area contributed by atoms with Gasteiger partial charge >= 0.3 is 0 Å². The Bertz CT molecular complexity index is 763. The highest BCUT2D eigenvalue weighted by atomic mass is 35.5. The van der Waals surface area contributed by atoms with Gasteiger partial charge in [-0.25, -0.2) is 0 Å². The molecule has 1 heterocycles. The summed E-state index contributed by atoms with van der Waals surface area (Å²) in [5.74, 6) is -0.827. The first-order chi connectivity index (χ1) is 11.5. The van der Waals surface area contributed by atoms with Crippen molar-refractivity contribution in [3.8, 4) is 0 Å². The van der Waals surface area contributed by atoms with Crippen molar-refractivity contribution >= 4 is 46.8 Å². The summed E-state index contributed by atoms with van der Waals surface area (Å²) in [6.07, 6.45) is 5.93. The Balaban J connectivity index is 1.78. The molecule has 3 N–H and O–H groups in total. The van der Waals surface area contributed by atoms with Gasteiger partial charge in [-0.1, -0.05) is 23.7 Å². The number of nitrogens with zero attached hydrogens (tertiary/aromatic N) is 1. The quantitative estimate of drug-likeness (QED) is 0.443. The lowest BCUT2D eigenvalue weighted by Crippen LogP contribution is -2.48. The van der Waals surface area contributed by atoms with Gasteiger partial charge in [-0.05, 0) is 48.1 Å². The lowest BCUT2D eigenvalue weighted by Gasteiger charge is -2.09. The molecule has 2 amide bonds. The highest BCUT2D eigenvalue weighted by Gasteiger charge is 2.05. The van der Waals surface area contributed by atoms with Crippen molar-refractivity contribution in [2.24, 2.45) is 0 Å². The number of carbonyl (C=O) groups excluding carboxylic acids is 2. The standard InChI is InChI=1S/C16H13ClN4O2S/c17-13-4-1-11(2-5-13)3-6-14(22)19-16(24)21-20-15(23)12-7-9-18-10-8-12/h1-10H,(H,20,23)(H2,19,21,22,24)/b6-3+. The maximum absolute atomic E-state index is 11.8. The second-order valence-corrected chi connectivity index (χ2v) is 5.36. The summed E-state index contributed by atoms with van der Waals surface area (Å²) < 4.78 is 0. The van der Waals surface area contributed by atoms with Gasteiger partial charge in [0.2, 0.25) is 5.91 Å². The molecule has 0 saturated heterocycles. The van der Waals surface area contributed by atoms with E-state index in [0.29, 0.717) is 10.6 Å². The van der Waals surface area contributed by atoms with E-state index in [1.807, 2.05) is 0 Å². The summed E-state index contributed by atoms with van der Waals surface area (Å²) in [6, 6.07) is 10.1. The second-order valence-electron chi connectivity index (χ2n) is 4.52. The first-order valence-electron chi connectivity index (χ1n) is 6.79. The number of hydrogen-bond donors (Lipinski definition) is 3. The van der Waals surface area contributed by atoms with Gasteiger partial charge in [0.25, 0.3) is 5.91 Å². The van der Waals surface area contributed by atoms with Gasteiger partial charge in [0.15, 0.2) is 5.11 Å². The summed E-state index contributed by atoms with van der Waals surface area (Å²) in [5, 5.41) is 3.00. The fourth-order valence-corrected chi connectivity index (χ4v) is 1.90. The van der Waals surface area contributed by atoms with E-state index in [1.165, 1.54) is 18.5 Å². The average molecular weight is 361 g/mol. The second kappa shape index (κ2) is 8.76. The van der Waals surface area contributed by atoms with Gasteiger partial charge in [-0.15, -0.1) is 0 Å². The Labute approximate surface area is 148 Å².